The minimum Gasteiger partial charge on any atom is -0.334 e. The number of allylic oxidation sites excluding steroid dienone is 1. The van der Waals surface area contributed by atoms with Gasteiger partial charge in [-0.3, -0.25) is 9.78 Å². The van der Waals surface area contributed by atoms with E-state index in [0.29, 0.717) is 17.5 Å². The fourth-order valence-corrected chi connectivity index (χ4v) is 2.04. The van der Waals surface area contributed by atoms with Crippen molar-refractivity contribution < 1.29 is 4.52 Å². The third-order valence-electron chi connectivity index (χ3n) is 3.22. The highest BCUT2D eigenvalue weighted by atomic mass is 16.5. The highest BCUT2D eigenvalue weighted by Crippen LogP contribution is 2.22. The van der Waals surface area contributed by atoms with Gasteiger partial charge in [0.1, 0.15) is 5.56 Å². The summed E-state index contributed by atoms with van der Waals surface area (Å²) in [5.74, 6) is 0.881. The Morgan fingerprint density at radius 1 is 1.43 bits per heavy atom. The van der Waals surface area contributed by atoms with Crippen LogP contribution in [0.4, 0.5) is 0 Å². The molecule has 112 valence electrons. The first-order valence-corrected chi connectivity index (χ1v) is 6.63. The summed E-state index contributed by atoms with van der Waals surface area (Å²) < 4.78 is 6.49. The normalized spacial score (nSPS) is 11.1. The van der Waals surface area contributed by atoms with E-state index in [9.17, 15) is 9.59 Å². The molecule has 2 heterocycles. The van der Waals surface area contributed by atoms with Crippen molar-refractivity contribution in [1.82, 2.24) is 19.7 Å². The van der Waals surface area contributed by atoms with Crippen molar-refractivity contribution in [2.45, 2.75) is 27.2 Å². The van der Waals surface area contributed by atoms with Crippen LogP contribution in [0.15, 0.2) is 20.7 Å². The smallest absolute Gasteiger partial charge is 0.328 e. The molecular weight excluding hydrogens is 272 g/mol. The molecule has 0 radical (unpaired) electrons. The second-order valence-corrected chi connectivity index (χ2v) is 5.40. The molecule has 0 aliphatic carbocycles. The fraction of sp³-hybridized carbons (Fsp3) is 0.429. The van der Waals surface area contributed by atoms with Crippen molar-refractivity contribution in [3.05, 3.63) is 39.0 Å². The van der Waals surface area contributed by atoms with Crippen molar-refractivity contribution in [3.8, 4) is 11.4 Å². The second-order valence-electron chi connectivity index (χ2n) is 5.40. The van der Waals surface area contributed by atoms with Crippen molar-refractivity contribution >= 4 is 5.57 Å². The van der Waals surface area contributed by atoms with E-state index in [-0.39, 0.29) is 11.4 Å². The summed E-state index contributed by atoms with van der Waals surface area (Å²) in [6.07, 6.45) is 0.726. The average molecular weight is 290 g/mol. The molecule has 21 heavy (non-hydrogen) atoms. The van der Waals surface area contributed by atoms with E-state index in [1.54, 1.807) is 14.0 Å². The van der Waals surface area contributed by atoms with Crippen LogP contribution in [0.2, 0.25) is 0 Å². The first-order valence-electron chi connectivity index (χ1n) is 6.63. The van der Waals surface area contributed by atoms with Crippen LogP contribution in [0.1, 0.15) is 31.9 Å². The Labute approximate surface area is 121 Å². The molecular formula is C14H18N4O3. The van der Waals surface area contributed by atoms with Gasteiger partial charge >= 0.3 is 5.69 Å². The van der Waals surface area contributed by atoms with Gasteiger partial charge in [-0.25, -0.2) is 4.79 Å². The number of hydrogen-bond acceptors (Lipinski definition) is 5. The molecule has 0 amide bonds. The van der Waals surface area contributed by atoms with Gasteiger partial charge in [-0.05, 0) is 19.3 Å². The molecule has 2 aromatic heterocycles. The van der Waals surface area contributed by atoms with Gasteiger partial charge in [-0.15, -0.1) is 0 Å². The Hall–Kier alpha value is -2.44. The Kier molecular flexibility index (Phi) is 3.93. The lowest BCUT2D eigenvalue weighted by Crippen LogP contribution is -2.31. The van der Waals surface area contributed by atoms with Crippen LogP contribution in [0.3, 0.4) is 0 Å². The second kappa shape index (κ2) is 5.51. The standard InChI is InChI=1S/C14H18N4O3/c1-7(2)6-8(3)13-15-11(17-21-13)10-9(4)18(5)14(20)16-12(10)19/h7H,3,6H2,1-2,4-5H3,(H,16,19,20). The van der Waals surface area contributed by atoms with Gasteiger partial charge in [0.2, 0.25) is 5.82 Å². The molecule has 0 saturated heterocycles. The zero-order valence-corrected chi connectivity index (χ0v) is 12.6. The van der Waals surface area contributed by atoms with Gasteiger partial charge in [-0.1, -0.05) is 25.6 Å². The molecule has 2 aromatic rings. The van der Waals surface area contributed by atoms with Gasteiger partial charge < -0.3 is 9.09 Å². The summed E-state index contributed by atoms with van der Waals surface area (Å²) in [5, 5.41) is 3.82. The third kappa shape index (κ3) is 2.86. The van der Waals surface area contributed by atoms with Gasteiger partial charge in [0.25, 0.3) is 11.4 Å². The van der Waals surface area contributed by atoms with Gasteiger partial charge in [-0.2, -0.15) is 4.98 Å². The van der Waals surface area contributed by atoms with Crippen LogP contribution in [0, 0.1) is 12.8 Å². The molecule has 7 heteroatoms. The summed E-state index contributed by atoms with van der Waals surface area (Å²) >= 11 is 0. The molecule has 0 atom stereocenters. The van der Waals surface area contributed by atoms with E-state index >= 15 is 0 Å². The number of nitrogens with zero attached hydrogens (tertiary/aromatic N) is 3. The third-order valence-corrected chi connectivity index (χ3v) is 3.22. The lowest BCUT2D eigenvalue weighted by atomic mass is 10.0. The molecule has 7 nitrogen and oxygen atoms in total. The van der Waals surface area contributed by atoms with E-state index in [1.165, 1.54) is 4.57 Å². The minimum atomic E-state index is -0.530. The average Bonchev–Trinajstić information content (AvgIpc) is 2.85. The van der Waals surface area contributed by atoms with E-state index in [2.05, 4.69) is 35.6 Å². The Balaban J connectivity index is 2.48. The van der Waals surface area contributed by atoms with Crippen LogP contribution < -0.4 is 11.2 Å². The number of aromatic nitrogens is 4. The van der Waals surface area contributed by atoms with Crippen molar-refractivity contribution in [2.75, 3.05) is 0 Å². The lowest BCUT2D eigenvalue weighted by Gasteiger charge is -2.05. The van der Waals surface area contributed by atoms with Crippen molar-refractivity contribution in [2.24, 2.45) is 13.0 Å². The van der Waals surface area contributed by atoms with Crippen LogP contribution in [0.5, 0.6) is 0 Å². The summed E-state index contributed by atoms with van der Waals surface area (Å²) in [6.45, 7) is 9.69. The quantitative estimate of drug-likeness (QED) is 0.920. The van der Waals surface area contributed by atoms with Gasteiger partial charge in [0.05, 0.1) is 0 Å². The topological polar surface area (TPSA) is 93.8 Å². The first kappa shape index (κ1) is 15.0. The lowest BCUT2D eigenvalue weighted by molar-refractivity contribution is 0.405. The predicted molar refractivity (Wildman–Crippen MR) is 78.8 cm³/mol. The van der Waals surface area contributed by atoms with E-state index in [0.717, 1.165) is 12.0 Å². The fourth-order valence-electron chi connectivity index (χ4n) is 2.04. The monoisotopic (exact) mass is 290 g/mol. The predicted octanol–water partition coefficient (Wildman–Crippen LogP) is 1.49. The Morgan fingerprint density at radius 2 is 2.10 bits per heavy atom. The SMILES string of the molecule is C=C(CC(C)C)c1nc(-c2c(C)n(C)c(=O)[nH]c2=O)no1. The molecule has 1 N–H and O–H groups in total. The summed E-state index contributed by atoms with van der Waals surface area (Å²) in [4.78, 5) is 29.9. The number of aromatic amines is 1. The maximum absolute atomic E-state index is 12.0. The molecule has 0 fully saturated rings. The van der Waals surface area contributed by atoms with Crippen molar-refractivity contribution in [1.29, 1.82) is 0 Å². The molecule has 0 aliphatic heterocycles. The van der Waals surface area contributed by atoms with Crippen LogP contribution in [0.25, 0.3) is 17.0 Å². The zero-order chi connectivity index (χ0) is 15.7. The number of rotatable bonds is 4. The molecule has 0 aliphatic rings. The summed E-state index contributed by atoms with van der Waals surface area (Å²) in [6, 6.07) is 0. The highest BCUT2D eigenvalue weighted by Gasteiger charge is 2.18. The molecule has 0 spiro atoms. The van der Waals surface area contributed by atoms with E-state index in [1.807, 2.05) is 0 Å². The minimum absolute atomic E-state index is 0.157. The molecule has 0 bridgehead atoms. The molecule has 0 saturated carbocycles. The van der Waals surface area contributed by atoms with E-state index in [4.69, 9.17) is 4.52 Å². The van der Waals surface area contributed by atoms with Gasteiger partial charge in [0, 0.05) is 18.3 Å². The Bertz CT molecular complexity index is 795. The maximum atomic E-state index is 12.0. The van der Waals surface area contributed by atoms with Crippen LogP contribution in [-0.4, -0.2) is 19.7 Å². The Morgan fingerprint density at radius 3 is 2.71 bits per heavy atom. The highest BCUT2D eigenvalue weighted by molar-refractivity contribution is 5.60. The molecule has 0 unspecified atom stereocenters. The summed E-state index contributed by atoms with van der Waals surface area (Å²) in [5.41, 5.74) is 0.421. The zero-order valence-electron chi connectivity index (χ0n) is 12.6. The van der Waals surface area contributed by atoms with Gasteiger partial charge in [0.15, 0.2) is 0 Å². The molecule has 2 rings (SSSR count). The maximum Gasteiger partial charge on any atom is 0.328 e. The largest absolute Gasteiger partial charge is 0.334 e. The van der Waals surface area contributed by atoms with Crippen molar-refractivity contribution in [3.63, 3.8) is 0 Å². The number of H-pyrrole nitrogens is 1. The number of nitrogens with one attached hydrogen (secondary N) is 1. The van der Waals surface area contributed by atoms with Crippen LogP contribution in [-0.2, 0) is 7.05 Å². The molecule has 0 aromatic carbocycles. The summed E-state index contributed by atoms with van der Waals surface area (Å²) in [7, 11) is 1.57. The first-order chi connectivity index (χ1) is 9.81. The van der Waals surface area contributed by atoms with Crippen LogP contribution >= 0.6 is 0 Å². The van der Waals surface area contributed by atoms with E-state index < -0.39 is 11.2 Å². The number of hydrogen-bond donors (Lipinski definition) is 1.